The molecule has 0 aliphatic rings. The number of carbonyl (C=O) groups excluding carboxylic acids is 3. The van der Waals surface area contributed by atoms with E-state index in [1.807, 2.05) is 13.8 Å². The molecule has 0 bridgehead atoms. The summed E-state index contributed by atoms with van der Waals surface area (Å²) < 4.78 is 4.76. The molecule has 0 saturated heterocycles. The molecule has 0 aliphatic heterocycles. The molecule has 142 valence electrons. The topological polar surface area (TPSA) is 87.7 Å². The lowest BCUT2D eigenvalue weighted by molar-refractivity contribution is -0.144. The third kappa shape index (κ3) is 7.18. The number of esters is 1. The van der Waals surface area contributed by atoms with Crippen LogP contribution in [0.2, 0.25) is 0 Å². The van der Waals surface area contributed by atoms with Crippen LogP contribution in [0.1, 0.15) is 44.0 Å². The van der Waals surface area contributed by atoms with Crippen LogP contribution in [0.4, 0.5) is 5.69 Å². The number of carbonyl (C=O) groups is 3. The summed E-state index contributed by atoms with van der Waals surface area (Å²) in [5, 5.41) is 5.49. The maximum atomic E-state index is 12.2. The molecule has 26 heavy (non-hydrogen) atoms. The zero-order valence-electron chi connectivity index (χ0n) is 15.3. The molecule has 0 unspecified atom stereocenters. The van der Waals surface area contributed by atoms with E-state index >= 15 is 0 Å². The van der Waals surface area contributed by atoms with Gasteiger partial charge in [0.1, 0.15) is 0 Å². The van der Waals surface area contributed by atoms with Crippen molar-refractivity contribution >= 4 is 40.8 Å². The summed E-state index contributed by atoms with van der Waals surface area (Å²) in [6.45, 7) is 7.15. The average Bonchev–Trinajstić information content (AvgIpc) is 2.61. The molecule has 1 rings (SSSR count). The Hall–Kier alpha value is -2.48. The van der Waals surface area contributed by atoms with Crippen LogP contribution in [-0.4, -0.2) is 47.5 Å². The first-order valence-electron chi connectivity index (χ1n) is 8.57. The van der Waals surface area contributed by atoms with Crippen molar-refractivity contribution in [2.75, 3.05) is 25.0 Å². The minimum absolute atomic E-state index is 0.00202. The number of ether oxygens (including phenoxy) is 1. The molecule has 1 aromatic carbocycles. The van der Waals surface area contributed by atoms with Gasteiger partial charge in [-0.3, -0.25) is 14.4 Å². The maximum absolute atomic E-state index is 12.2. The third-order valence-electron chi connectivity index (χ3n) is 3.55. The number of benzene rings is 1. The van der Waals surface area contributed by atoms with E-state index < -0.39 is 5.97 Å². The first kappa shape index (κ1) is 21.6. The zero-order chi connectivity index (χ0) is 19.5. The summed E-state index contributed by atoms with van der Waals surface area (Å²) in [6.07, 6.45) is 0.00240. The number of nitrogens with one attached hydrogen (secondary N) is 2. The Labute approximate surface area is 159 Å². The lowest BCUT2D eigenvalue weighted by Gasteiger charge is -2.18. The molecule has 0 heterocycles. The Kier molecular flexibility index (Phi) is 9.29. The van der Waals surface area contributed by atoms with Crippen molar-refractivity contribution in [2.24, 2.45) is 0 Å². The quantitative estimate of drug-likeness (QED) is 0.532. The fourth-order valence-electron chi connectivity index (χ4n) is 2.19. The highest BCUT2D eigenvalue weighted by Gasteiger charge is 2.12. The fraction of sp³-hybridized carbons (Fsp3) is 0.444. The normalized spacial score (nSPS) is 9.96. The molecule has 0 aromatic heterocycles. The van der Waals surface area contributed by atoms with Crippen LogP contribution in [0.15, 0.2) is 24.3 Å². The molecule has 0 radical (unpaired) electrons. The van der Waals surface area contributed by atoms with E-state index in [2.05, 4.69) is 10.6 Å². The van der Waals surface area contributed by atoms with Crippen LogP contribution >= 0.6 is 12.2 Å². The van der Waals surface area contributed by atoms with Gasteiger partial charge < -0.3 is 20.3 Å². The van der Waals surface area contributed by atoms with Crippen molar-refractivity contribution in [2.45, 2.75) is 33.6 Å². The Morgan fingerprint density at radius 2 is 1.65 bits per heavy atom. The minimum atomic E-state index is -0.421. The highest BCUT2D eigenvalue weighted by Crippen LogP contribution is 2.11. The third-order valence-corrected chi connectivity index (χ3v) is 3.76. The molecule has 0 atom stereocenters. The number of amides is 2. The molecular weight excluding hydrogens is 354 g/mol. The second-order valence-corrected chi connectivity index (χ2v) is 5.77. The van der Waals surface area contributed by atoms with Gasteiger partial charge >= 0.3 is 5.97 Å². The summed E-state index contributed by atoms with van der Waals surface area (Å²) in [5.74, 6) is -0.824. The Morgan fingerprint density at radius 3 is 2.19 bits per heavy atom. The van der Waals surface area contributed by atoms with Crippen LogP contribution < -0.4 is 10.6 Å². The molecule has 2 amide bonds. The van der Waals surface area contributed by atoms with Crippen LogP contribution in [0.25, 0.3) is 0 Å². The number of nitrogens with zero attached hydrogens (tertiary/aromatic N) is 1. The molecule has 8 heteroatoms. The van der Waals surface area contributed by atoms with Gasteiger partial charge in [0.05, 0.1) is 13.0 Å². The van der Waals surface area contributed by atoms with E-state index in [0.717, 1.165) is 0 Å². The monoisotopic (exact) mass is 379 g/mol. The van der Waals surface area contributed by atoms with Crippen molar-refractivity contribution in [1.29, 1.82) is 0 Å². The average molecular weight is 379 g/mol. The predicted molar refractivity (Wildman–Crippen MR) is 104 cm³/mol. The summed E-state index contributed by atoms with van der Waals surface area (Å²) in [7, 11) is 0. The van der Waals surface area contributed by atoms with E-state index in [-0.39, 0.29) is 36.4 Å². The lowest BCUT2D eigenvalue weighted by atomic mass is 10.2. The van der Waals surface area contributed by atoms with Gasteiger partial charge in [0.2, 0.25) is 5.91 Å². The van der Waals surface area contributed by atoms with Gasteiger partial charge in [0.15, 0.2) is 5.11 Å². The standard InChI is InChI=1S/C18H25N3O4S/c1-4-21(5-2)17(24)13-7-9-14(10-8-13)19-18(26)20-15(22)11-12-16(23)25-6-3/h7-10H,4-6,11-12H2,1-3H3,(H2,19,20,22,26). The Morgan fingerprint density at radius 1 is 1.04 bits per heavy atom. The molecule has 0 fully saturated rings. The van der Waals surface area contributed by atoms with Crippen molar-refractivity contribution < 1.29 is 19.1 Å². The van der Waals surface area contributed by atoms with Crippen molar-refractivity contribution in [3.63, 3.8) is 0 Å². The van der Waals surface area contributed by atoms with E-state index in [4.69, 9.17) is 17.0 Å². The summed E-state index contributed by atoms with van der Waals surface area (Å²) >= 11 is 5.07. The summed E-state index contributed by atoms with van der Waals surface area (Å²) in [5.41, 5.74) is 1.24. The van der Waals surface area contributed by atoms with Gasteiger partial charge in [-0.1, -0.05) is 0 Å². The first-order valence-corrected chi connectivity index (χ1v) is 8.97. The maximum Gasteiger partial charge on any atom is 0.306 e. The van der Waals surface area contributed by atoms with Gasteiger partial charge in [-0.25, -0.2) is 0 Å². The smallest absolute Gasteiger partial charge is 0.306 e. The summed E-state index contributed by atoms with van der Waals surface area (Å²) in [4.78, 5) is 36.9. The molecule has 1 aromatic rings. The Bertz CT molecular complexity index is 642. The SMILES string of the molecule is CCOC(=O)CCC(=O)NC(=S)Nc1ccc(C(=O)N(CC)CC)cc1. The van der Waals surface area contributed by atoms with Crippen LogP contribution in [0.3, 0.4) is 0 Å². The number of anilines is 1. The Balaban J connectivity index is 2.51. The van der Waals surface area contributed by atoms with E-state index in [1.54, 1.807) is 36.1 Å². The molecule has 7 nitrogen and oxygen atoms in total. The van der Waals surface area contributed by atoms with Gasteiger partial charge in [-0.05, 0) is 57.3 Å². The van der Waals surface area contributed by atoms with Gasteiger partial charge in [-0.2, -0.15) is 0 Å². The van der Waals surface area contributed by atoms with E-state index in [9.17, 15) is 14.4 Å². The molecule has 0 saturated carbocycles. The predicted octanol–water partition coefficient (Wildman–Crippen LogP) is 2.32. The molecular formula is C18H25N3O4S. The highest BCUT2D eigenvalue weighted by molar-refractivity contribution is 7.80. The summed E-state index contributed by atoms with van der Waals surface area (Å²) in [6, 6.07) is 6.84. The van der Waals surface area contributed by atoms with Crippen LogP contribution in [0, 0.1) is 0 Å². The molecule has 0 aliphatic carbocycles. The minimum Gasteiger partial charge on any atom is -0.466 e. The molecule has 0 spiro atoms. The van der Waals surface area contributed by atoms with Gasteiger partial charge in [0.25, 0.3) is 5.91 Å². The highest BCUT2D eigenvalue weighted by atomic mass is 32.1. The second-order valence-electron chi connectivity index (χ2n) is 5.36. The van der Waals surface area contributed by atoms with Crippen molar-refractivity contribution in [3.8, 4) is 0 Å². The van der Waals surface area contributed by atoms with Crippen LogP contribution in [-0.2, 0) is 14.3 Å². The largest absolute Gasteiger partial charge is 0.466 e. The molecule has 2 N–H and O–H groups in total. The van der Waals surface area contributed by atoms with Crippen molar-refractivity contribution in [3.05, 3.63) is 29.8 Å². The van der Waals surface area contributed by atoms with E-state index in [1.165, 1.54) is 0 Å². The van der Waals surface area contributed by atoms with Crippen molar-refractivity contribution in [1.82, 2.24) is 10.2 Å². The lowest BCUT2D eigenvalue weighted by Crippen LogP contribution is -2.34. The van der Waals surface area contributed by atoms with Crippen LogP contribution in [0.5, 0.6) is 0 Å². The second kappa shape index (κ2) is 11.2. The number of rotatable bonds is 8. The fourth-order valence-corrected chi connectivity index (χ4v) is 2.42. The number of thiocarbonyl (C=S) groups is 1. The van der Waals surface area contributed by atoms with Gasteiger partial charge in [-0.15, -0.1) is 0 Å². The van der Waals surface area contributed by atoms with Gasteiger partial charge in [0, 0.05) is 30.8 Å². The zero-order valence-corrected chi connectivity index (χ0v) is 16.1. The van der Waals surface area contributed by atoms with E-state index in [0.29, 0.717) is 24.3 Å². The number of hydrogen-bond acceptors (Lipinski definition) is 5. The number of hydrogen-bond donors (Lipinski definition) is 2. The first-order chi connectivity index (χ1) is 12.4.